The second-order valence-electron chi connectivity index (χ2n) is 4.80. The summed E-state index contributed by atoms with van der Waals surface area (Å²) in [7, 11) is 0. The number of carbonyl (C=O) groups is 3. The fourth-order valence-electron chi connectivity index (χ4n) is 2.46. The van der Waals surface area contributed by atoms with Gasteiger partial charge in [0.25, 0.3) is 5.91 Å². The number of nitrogens with one attached hydrogen (secondary N) is 1. The minimum absolute atomic E-state index is 0.0869. The Morgan fingerprint density at radius 3 is 2.65 bits per heavy atom. The largest absolute Gasteiger partial charge is 0.481 e. The zero-order valence-corrected chi connectivity index (χ0v) is 10.4. The van der Waals surface area contributed by atoms with Gasteiger partial charge in [-0.1, -0.05) is 11.6 Å². The van der Waals surface area contributed by atoms with Crippen LogP contribution in [0.1, 0.15) is 19.3 Å². The molecule has 0 aromatic rings. The second kappa shape index (κ2) is 5.52. The normalized spacial score (nSPS) is 23.1. The highest BCUT2D eigenvalue weighted by molar-refractivity contribution is 6.40. The molecule has 2 rings (SSSR count). The molecule has 20 heavy (non-hydrogen) atoms. The average Bonchev–Trinajstić information content (AvgIpc) is 2.65. The zero-order chi connectivity index (χ0) is 14.9. The van der Waals surface area contributed by atoms with Crippen LogP contribution < -0.4 is 5.32 Å². The molecular weight excluding hydrogens is 272 g/mol. The molecule has 1 amide bonds. The van der Waals surface area contributed by atoms with Gasteiger partial charge < -0.3 is 10.4 Å². The Morgan fingerprint density at radius 1 is 1.35 bits per heavy atom. The van der Waals surface area contributed by atoms with Crippen molar-refractivity contribution in [2.24, 2.45) is 11.8 Å². The van der Waals surface area contributed by atoms with Crippen molar-refractivity contribution >= 4 is 17.7 Å². The number of halogens is 2. The Kier molecular flexibility index (Phi) is 3.96. The molecule has 2 unspecified atom stereocenters. The summed E-state index contributed by atoms with van der Waals surface area (Å²) in [6.07, 6.45) is -0.211. The number of carbonyl (C=O) groups excluding carboxylic acids is 2. The van der Waals surface area contributed by atoms with Gasteiger partial charge in [0.15, 0.2) is 0 Å². The van der Waals surface area contributed by atoms with E-state index in [1.807, 2.05) is 0 Å². The van der Waals surface area contributed by atoms with Crippen LogP contribution in [0, 0.1) is 11.8 Å². The molecule has 1 saturated heterocycles. The molecule has 2 atom stereocenters. The number of rotatable bonds is 5. The summed E-state index contributed by atoms with van der Waals surface area (Å²) in [5, 5.41) is 11.5. The third-order valence-corrected chi connectivity index (χ3v) is 3.51. The number of alkyl halides is 2. The first-order chi connectivity index (χ1) is 9.40. The van der Waals surface area contributed by atoms with Crippen molar-refractivity contribution in [3.8, 4) is 0 Å². The lowest BCUT2D eigenvalue weighted by Crippen LogP contribution is -2.23. The van der Waals surface area contributed by atoms with Gasteiger partial charge in [0.05, 0.1) is 11.8 Å². The first-order valence-corrected chi connectivity index (χ1v) is 6.17. The predicted molar refractivity (Wildman–Crippen MR) is 63.8 cm³/mol. The Bertz CT molecular complexity index is 524. The maximum Gasteiger partial charge on any atom is 0.310 e. The van der Waals surface area contributed by atoms with Gasteiger partial charge in [0.1, 0.15) is 0 Å². The van der Waals surface area contributed by atoms with E-state index < -0.39 is 42.3 Å². The maximum atomic E-state index is 12.2. The number of fused-ring (bicyclic) bond motifs is 1. The number of allylic oxidation sites excluding steroid dienone is 3. The average molecular weight is 285 g/mol. The maximum absolute atomic E-state index is 12.2. The van der Waals surface area contributed by atoms with Gasteiger partial charge in [-0.2, -0.15) is 0 Å². The summed E-state index contributed by atoms with van der Waals surface area (Å²) < 4.78 is 24.4. The quantitative estimate of drug-likeness (QED) is 0.745. The van der Waals surface area contributed by atoms with Crippen LogP contribution in [0.2, 0.25) is 0 Å². The van der Waals surface area contributed by atoms with Gasteiger partial charge in [0.2, 0.25) is 12.2 Å². The number of carboxylic acid groups (broad SMARTS) is 1. The van der Waals surface area contributed by atoms with Crippen molar-refractivity contribution in [1.82, 2.24) is 5.32 Å². The van der Waals surface area contributed by atoms with E-state index in [-0.39, 0.29) is 12.8 Å². The molecule has 5 nitrogen and oxygen atoms in total. The van der Waals surface area contributed by atoms with Gasteiger partial charge in [-0.05, 0) is 18.9 Å². The van der Waals surface area contributed by atoms with Gasteiger partial charge >= 0.3 is 5.97 Å². The Labute approximate surface area is 113 Å². The van der Waals surface area contributed by atoms with E-state index in [1.165, 1.54) is 12.2 Å². The van der Waals surface area contributed by atoms with Crippen LogP contribution >= 0.6 is 0 Å². The minimum Gasteiger partial charge on any atom is -0.481 e. The molecule has 0 saturated carbocycles. The lowest BCUT2D eigenvalue weighted by atomic mass is 9.82. The highest BCUT2D eigenvalue weighted by Crippen LogP contribution is 2.34. The van der Waals surface area contributed by atoms with Gasteiger partial charge in [-0.25, -0.2) is 8.78 Å². The first kappa shape index (κ1) is 14.4. The summed E-state index contributed by atoms with van der Waals surface area (Å²) in [6.45, 7) is 0. The third-order valence-electron chi connectivity index (χ3n) is 3.51. The van der Waals surface area contributed by atoms with Crippen molar-refractivity contribution in [2.45, 2.75) is 25.7 Å². The molecule has 0 spiro atoms. The molecule has 108 valence electrons. The topological polar surface area (TPSA) is 83.5 Å². The van der Waals surface area contributed by atoms with Crippen molar-refractivity contribution in [1.29, 1.82) is 0 Å². The molecular formula is C13H13F2NO4. The number of carboxylic acids is 1. The van der Waals surface area contributed by atoms with E-state index >= 15 is 0 Å². The van der Waals surface area contributed by atoms with Crippen molar-refractivity contribution in [3.05, 3.63) is 23.4 Å². The van der Waals surface area contributed by atoms with Crippen LogP contribution in [-0.4, -0.2) is 29.2 Å². The van der Waals surface area contributed by atoms with E-state index in [1.54, 1.807) is 0 Å². The van der Waals surface area contributed by atoms with E-state index in [4.69, 9.17) is 5.11 Å². The Morgan fingerprint density at radius 2 is 2.05 bits per heavy atom. The van der Waals surface area contributed by atoms with Gasteiger partial charge in [0, 0.05) is 12.1 Å². The fourth-order valence-corrected chi connectivity index (χ4v) is 2.46. The highest BCUT2D eigenvalue weighted by atomic mass is 19.3. The van der Waals surface area contributed by atoms with Crippen molar-refractivity contribution in [2.75, 3.05) is 0 Å². The van der Waals surface area contributed by atoms with Gasteiger partial charge in [-0.3, -0.25) is 14.4 Å². The summed E-state index contributed by atoms with van der Waals surface area (Å²) in [5.74, 6) is -4.27. The van der Waals surface area contributed by atoms with Crippen LogP contribution in [0.25, 0.3) is 0 Å². The van der Waals surface area contributed by atoms with Crippen LogP contribution in [0.15, 0.2) is 23.4 Å². The molecule has 7 heteroatoms. The van der Waals surface area contributed by atoms with Crippen LogP contribution in [0.3, 0.4) is 0 Å². The molecule has 1 fully saturated rings. The van der Waals surface area contributed by atoms with Crippen LogP contribution in [0.4, 0.5) is 8.78 Å². The lowest BCUT2D eigenvalue weighted by Gasteiger charge is -2.21. The standard InChI is InChI=1S/C13H13F2NO4/c14-10(15)4-2-7(13(19)20)6-1-3-9-8(5-6)11(17)12(18)16-9/h1,3,7-8,10H,2,4-5H2,(H,16,18)(H,19,20). The second-order valence-corrected chi connectivity index (χ2v) is 4.80. The number of hydrogen-bond donors (Lipinski definition) is 2. The molecule has 1 aliphatic carbocycles. The number of Topliss-reactive ketones (excluding diaryl/α,β-unsaturated/α-hetero) is 1. The molecule has 0 bridgehead atoms. The van der Waals surface area contributed by atoms with Crippen molar-refractivity contribution in [3.63, 3.8) is 0 Å². The van der Waals surface area contributed by atoms with E-state index in [0.717, 1.165) is 0 Å². The van der Waals surface area contributed by atoms with Crippen LogP contribution in [0.5, 0.6) is 0 Å². The minimum atomic E-state index is -2.57. The monoisotopic (exact) mass is 285 g/mol. The third kappa shape index (κ3) is 2.76. The highest BCUT2D eigenvalue weighted by Gasteiger charge is 2.40. The molecule has 2 N–H and O–H groups in total. The van der Waals surface area contributed by atoms with Gasteiger partial charge in [-0.15, -0.1) is 0 Å². The van der Waals surface area contributed by atoms with Crippen molar-refractivity contribution < 1.29 is 28.3 Å². The number of hydrogen-bond acceptors (Lipinski definition) is 3. The SMILES string of the molecule is O=C1NC2=CC=C(C(CCC(F)F)C(=O)O)CC2C1=O. The molecule has 1 aliphatic heterocycles. The predicted octanol–water partition coefficient (Wildman–Crippen LogP) is 1.26. The molecule has 0 aromatic carbocycles. The fraction of sp³-hybridized carbons (Fsp3) is 0.462. The number of ketones is 1. The number of aliphatic carboxylic acids is 1. The Hall–Kier alpha value is -2.05. The Balaban J connectivity index is 2.14. The molecule has 1 heterocycles. The number of amides is 1. The molecule has 2 aliphatic rings. The van der Waals surface area contributed by atoms with E-state index in [0.29, 0.717) is 11.3 Å². The smallest absolute Gasteiger partial charge is 0.310 e. The van der Waals surface area contributed by atoms with E-state index in [9.17, 15) is 23.2 Å². The summed E-state index contributed by atoms with van der Waals surface area (Å²) in [6, 6.07) is 0. The summed E-state index contributed by atoms with van der Waals surface area (Å²) in [5.41, 5.74) is 0.846. The lowest BCUT2D eigenvalue weighted by molar-refractivity contribution is -0.141. The molecule has 0 aromatic heterocycles. The zero-order valence-electron chi connectivity index (χ0n) is 10.4. The molecule has 0 radical (unpaired) electrons. The summed E-state index contributed by atoms with van der Waals surface area (Å²) >= 11 is 0. The van der Waals surface area contributed by atoms with Crippen LogP contribution in [-0.2, 0) is 14.4 Å². The first-order valence-electron chi connectivity index (χ1n) is 6.17. The summed E-state index contributed by atoms with van der Waals surface area (Å²) in [4.78, 5) is 34.0. The van der Waals surface area contributed by atoms with E-state index in [2.05, 4.69) is 5.32 Å².